The summed E-state index contributed by atoms with van der Waals surface area (Å²) in [6.45, 7) is 0. The van der Waals surface area contributed by atoms with Crippen molar-refractivity contribution in [3.63, 3.8) is 0 Å². The third-order valence-corrected chi connectivity index (χ3v) is 10.4. The molecule has 11 aromatic rings. The minimum absolute atomic E-state index is 1.16. The van der Waals surface area contributed by atoms with Gasteiger partial charge in [0.25, 0.3) is 0 Å². The second-order valence-electron chi connectivity index (χ2n) is 13.0. The highest BCUT2D eigenvalue weighted by Crippen LogP contribution is 2.43. The lowest BCUT2D eigenvalue weighted by Crippen LogP contribution is -1.97. The molecule has 0 radical (unpaired) electrons. The summed E-state index contributed by atoms with van der Waals surface area (Å²) >= 11 is 0. The zero-order valence-corrected chi connectivity index (χ0v) is 26.6. The lowest BCUT2D eigenvalue weighted by molar-refractivity contribution is 1.17. The van der Waals surface area contributed by atoms with Crippen molar-refractivity contribution in [3.8, 4) is 17.1 Å². The van der Waals surface area contributed by atoms with Crippen LogP contribution in [-0.2, 0) is 0 Å². The first kappa shape index (κ1) is 26.5. The van der Waals surface area contributed by atoms with Crippen molar-refractivity contribution in [1.29, 1.82) is 0 Å². The molecule has 3 heteroatoms. The van der Waals surface area contributed by atoms with Crippen molar-refractivity contribution in [2.24, 2.45) is 0 Å². The van der Waals surface area contributed by atoms with Crippen molar-refractivity contribution in [3.05, 3.63) is 176 Å². The van der Waals surface area contributed by atoms with E-state index in [0.717, 1.165) is 5.69 Å². The smallest absolute Gasteiger partial charge is 0.0620 e. The van der Waals surface area contributed by atoms with E-state index < -0.39 is 0 Å². The SMILES string of the molecule is c1ccc(-n2c3ccccc3c3cc4ccc5c6ccccc6n(-c6cccc7c6c6ccccc6n7-c6ccccc6)c5c4cc32)cc1. The normalized spacial score (nSPS) is 12.1. The number of hydrogen-bond acceptors (Lipinski definition) is 0. The Hall–Kier alpha value is -6.58. The van der Waals surface area contributed by atoms with Crippen LogP contribution in [-0.4, -0.2) is 13.7 Å². The van der Waals surface area contributed by atoms with Gasteiger partial charge in [-0.3, -0.25) is 0 Å². The fraction of sp³-hybridized carbons (Fsp3) is 0. The van der Waals surface area contributed by atoms with Crippen LogP contribution in [0, 0.1) is 0 Å². The maximum Gasteiger partial charge on any atom is 0.0620 e. The summed E-state index contributed by atoms with van der Waals surface area (Å²) in [5.74, 6) is 0. The monoisotopic (exact) mass is 623 g/mol. The number of nitrogens with zero attached hydrogens (tertiary/aromatic N) is 3. The molecule has 0 N–H and O–H groups in total. The van der Waals surface area contributed by atoms with Gasteiger partial charge in [0.05, 0.1) is 38.8 Å². The first-order valence-electron chi connectivity index (χ1n) is 16.9. The molecule has 0 spiro atoms. The van der Waals surface area contributed by atoms with Gasteiger partial charge in [0.2, 0.25) is 0 Å². The molecule has 0 aliphatic heterocycles. The van der Waals surface area contributed by atoms with Crippen LogP contribution in [0.25, 0.3) is 93.3 Å². The van der Waals surface area contributed by atoms with E-state index in [1.165, 1.54) is 87.6 Å². The van der Waals surface area contributed by atoms with E-state index in [-0.39, 0.29) is 0 Å². The van der Waals surface area contributed by atoms with Gasteiger partial charge in [0, 0.05) is 49.1 Å². The largest absolute Gasteiger partial charge is 0.309 e. The van der Waals surface area contributed by atoms with Crippen molar-refractivity contribution in [2.75, 3.05) is 0 Å². The molecule has 0 unspecified atom stereocenters. The highest BCUT2D eigenvalue weighted by Gasteiger charge is 2.22. The standard InChI is InChI=1S/C46H29N3/c1-3-14-31(15-4-1)47-41-23-12-9-20-36(41)45-42(47)24-13-25-43(45)49-40-22-11-7-18-33(40)35-27-26-30-28-38-34-19-8-10-21-39(34)48(32-16-5-2-6-17-32)44(38)29-37(30)46(35)49/h1-29H. The molecule has 3 aromatic heterocycles. The van der Waals surface area contributed by atoms with Crippen LogP contribution in [0.5, 0.6) is 0 Å². The number of rotatable bonds is 3. The minimum atomic E-state index is 1.16. The summed E-state index contributed by atoms with van der Waals surface area (Å²) in [6.07, 6.45) is 0. The zero-order valence-electron chi connectivity index (χ0n) is 26.6. The molecule has 0 saturated carbocycles. The van der Waals surface area contributed by atoms with Gasteiger partial charge in [-0.2, -0.15) is 0 Å². The Bertz CT molecular complexity index is 3090. The fourth-order valence-corrected chi connectivity index (χ4v) is 8.39. The summed E-state index contributed by atoms with van der Waals surface area (Å²) in [5.41, 5.74) is 10.8. The average Bonchev–Trinajstić information content (AvgIpc) is 3.80. The zero-order chi connectivity index (χ0) is 32.1. The molecule has 49 heavy (non-hydrogen) atoms. The maximum atomic E-state index is 2.53. The Morgan fingerprint density at radius 1 is 0.286 bits per heavy atom. The topological polar surface area (TPSA) is 14.8 Å². The van der Waals surface area contributed by atoms with Crippen molar-refractivity contribution >= 4 is 76.2 Å². The molecule has 8 aromatic carbocycles. The van der Waals surface area contributed by atoms with E-state index in [9.17, 15) is 0 Å². The van der Waals surface area contributed by atoms with Gasteiger partial charge in [0.1, 0.15) is 0 Å². The van der Waals surface area contributed by atoms with Gasteiger partial charge in [-0.05, 0) is 72.1 Å². The van der Waals surface area contributed by atoms with Crippen LogP contribution in [0.15, 0.2) is 176 Å². The molecule has 0 aliphatic carbocycles. The summed E-state index contributed by atoms with van der Waals surface area (Å²) in [4.78, 5) is 0. The molecule has 0 aliphatic rings. The Morgan fingerprint density at radius 2 is 0.816 bits per heavy atom. The van der Waals surface area contributed by atoms with Gasteiger partial charge < -0.3 is 13.7 Å². The second kappa shape index (κ2) is 9.96. The van der Waals surface area contributed by atoms with E-state index in [1.807, 2.05) is 0 Å². The Labute approximate surface area is 282 Å². The number of aromatic nitrogens is 3. The number of benzene rings is 8. The Morgan fingerprint density at radius 3 is 1.51 bits per heavy atom. The van der Waals surface area contributed by atoms with Gasteiger partial charge in [-0.15, -0.1) is 0 Å². The molecular formula is C46H29N3. The molecule has 0 amide bonds. The number of hydrogen-bond donors (Lipinski definition) is 0. The molecule has 0 atom stereocenters. The molecule has 3 heterocycles. The van der Waals surface area contributed by atoms with Crippen LogP contribution in [0.3, 0.4) is 0 Å². The van der Waals surface area contributed by atoms with Gasteiger partial charge in [-0.25, -0.2) is 0 Å². The number of fused-ring (bicyclic) bond motifs is 11. The van der Waals surface area contributed by atoms with Crippen molar-refractivity contribution < 1.29 is 0 Å². The van der Waals surface area contributed by atoms with Crippen LogP contribution in [0.2, 0.25) is 0 Å². The second-order valence-corrected chi connectivity index (χ2v) is 13.0. The lowest BCUT2D eigenvalue weighted by atomic mass is 10.0. The molecule has 0 saturated heterocycles. The van der Waals surface area contributed by atoms with Crippen LogP contribution < -0.4 is 0 Å². The summed E-state index contributed by atoms with van der Waals surface area (Å²) in [6, 6.07) is 64.2. The third-order valence-electron chi connectivity index (χ3n) is 10.4. The first-order valence-corrected chi connectivity index (χ1v) is 16.9. The van der Waals surface area contributed by atoms with Gasteiger partial charge in [0.15, 0.2) is 0 Å². The molecule has 11 rings (SSSR count). The molecule has 0 bridgehead atoms. The lowest BCUT2D eigenvalue weighted by Gasteiger charge is -2.13. The third kappa shape index (κ3) is 3.62. The van der Waals surface area contributed by atoms with Crippen molar-refractivity contribution in [1.82, 2.24) is 13.7 Å². The van der Waals surface area contributed by atoms with Gasteiger partial charge >= 0.3 is 0 Å². The van der Waals surface area contributed by atoms with Crippen LogP contribution >= 0.6 is 0 Å². The molecule has 0 fully saturated rings. The van der Waals surface area contributed by atoms with E-state index in [2.05, 4.69) is 190 Å². The van der Waals surface area contributed by atoms with E-state index in [4.69, 9.17) is 0 Å². The predicted octanol–water partition coefficient (Wildman–Crippen LogP) is 12.1. The summed E-state index contributed by atoms with van der Waals surface area (Å²) in [7, 11) is 0. The average molecular weight is 624 g/mol. The quantitative estimate of drug-likeness (QED) is 0.186. The molecule has 228 valence electrons. The van der Waals surface area contributed by atoms with E-state index >= 15 is 0 Å². The Kier molecular flexibility index (Phi) is 5.38. The van der Waals surface area contributed by atoms with E-state index in [1.54, 1.807) is 0 Å². The molecular weight excluding hydrogens is 595 g/mol. The summed E-state index contributed by atoms with van der Waals surface area (Å²) in [5, 5.41) is 10.0. The highest BCUT2D eigenvalue weighted by atomic mass is 15.0. The fourth-order valence-electron chi connectivity index (χ4n) is 8.39. The highest BCUT2D eigenvalue weighted by molar-refractivity contribution is 6.24. The predicted molar refractivity (Wildman–Crippen MR) is 207 cm³/mol. The maximum absolute atomic E-state index is 2.53. The minimum Gasteiger partial charge on any atom is -0.309 e. The summed E-state index contributed by atoms with van der Waals surface area (Å²) < 4.78 is 7.35. The Balaban J connectivity index is 1.33. The van der Waals surface area contributed by atoms with Crippen molar-refractivity contribution in [2.45, 2.75) is 0 Å². The van der Waals surface area contributed by atoms with Gasteiger partial charge in [-0.1, -0.05) is 109 Å². The van der Waals surface area contributed by atoms with Crippen LogP contribution in [0.1, 0.15) is 0 Å². The first-order chi connectivity index (χ1) is 24.3. The number of para-hydroxylation sites is 5. The van der Waals surface area contributed by atoms with Crippen LogP contribution in [0.4, 0.5) is 0 Å². The van der Waals surface area contributed by atoms with E-state index in [0.29, 0.717) is 0 Å². The molecule has 3 nitrogen and oxygen atoms in total.